The summed E-state index contributed by atoms with van der Waals surface area (Å²) >= 11 is 5.96. The molecule has 1 aliphatic heterocycles. The lowest BCUT2D eigenvalue weighted by Gasteiger charge is -2.09. The van der Waals surface area contributed by atoms with Crippen molar-refractivity contribution in [2.75, 3.05) is 20.6 Å². The molecular formula is C25H24ClN3O3. The summed E-state index contributed by atoms with van der Waals surface area (Å²) in [4.78, 5) is 34.6. The largest absolute Gasteiger partial charge is 0.494 e. The molecule has 0 radical (unpaired) electrons. The molecule has 0 saturated heterocycles. The van der Waals surface area contributed by atoms with Gasteiger partial charge >= 0.3 is 0 Å². The SMILES string of the molecule is CN(C)CCCCC(=O)c1cccc(-c2[nH]c(O)c3c2C(=O)N=C3c2ccc(Cl)cc2)c1. The number of ketones is 1. The number of nitrogens with zero attached hydrogens (tertiary/aromatic N) is 2. The fraction of sp³-hybridized carbons (Fsp3) is 0.240. The zero-order valence-corrected chi connectivity index (χ0v) is 18.7. The Balaban J connectivity index is 1.62. The second-order valence-electron chi connectivity index (χ2n) is 8.14. The summed E-state index contributed by atoms with van der Waals surface area (Å²) in [5.74, 6) is -0.505. The number of Topliss-reactive ketones (excluding diaryl/α,β-unsaturated/α-hetero) is 1. The van der Waals surface area contributed by atoms with Gasteiger partial charge in [0.25, 0.3) is 5.91 Å². The minimum absolute atomic E-state index is 0.0578. The number of aromatic nitrogens is 1. The number of nitrogens with one attached hydrogen (secondary N) is 1. The Morgan fingerprint density at radius 2 is 1.81 bits per heavy atom. The van der Waals surface area contributed by atoms with E-state index in [0.29, 0.717) is 50.7 Å². The quantitative estimate of drug-likeness (QED) is 0.376. The van der Waals surface area contributed by atoms with E-state index in [2.05, 4.69) is 14.9 Å². The number of carbonyl (C=O) groups is 2. The average molecular weight is 450 g/mol. The fourth-order valence-electron chi connectivity index (χ4n) is 3.88. The van der Waals surface area contributed by atoms with E-state index in [1.54, 1.807) is 42.5 Å². The third-order valence-corrected chi connectivity index (χ3v) is 5.75. The Kier molecular flexibility index (Phi) is 6.26. The molecule has 6 nitrogen and oxygen atoms in total. The molecule has 0 fully saturated rings. The fourth-order valence-corrected chi connectivity index (χ4v) is 4.01. The molecule has 1 aromatic heterocycles. The first kappa shape index (κ1) is 22.0. The van der Waals surface area contributed by atoms with Crippen molar-refractivity contribution >= 4 is 29.0 Å². The molecule has 1 aliphatic rings. The molecule has 0 spiro atoms. The second kappa shape index (κ2) is 9.10. The maximum absolute atomic E-state index is 12.8. The van der Waals surface area contributed by atoms with Gasteiger partial charge in [0.05, 0.1) is 22.5 Å². The van der Waals surface area contributed by atoms with E-state index < -0.39 is 5.91 Å². The number of halogens is 1. The minimum atomic E-state index is -0.433. The molecule has 7 heteroatoms. The van der Waals surface area contributed by atoms with Gasteiger partial charge in [0.15, 0.2) is 11.7 Å². The Morgan fingerprint density at radius 1 is 1.06 bits per heavy atom. The van der Waals surface area contributed by atoms with Crippen LogP contribution >= 0.6 is 11.6 Å². The molecular weight excluding hydrogens is 426 g/mol. The highest BCUT2D eigenvalue weighted by Gasteiger charge is 2.33. The number of H-pyrrole nitrogens is 1. The highest BCUT2D eigenvalue weighted by Crippen LogP contribution is 2.38. The smallest absolute Gasteiger partial charge is 0.280 e. The van der Waals surface area contributed by atoms with Crippen LogP contribution in [0, 0.1) is 0 Å². The Labute approximate surface area is 191 Å². The van der Waals surface area contributed by atoms with Crippen LogP contribution in [-0.2, 0) is 0 Å². The van der Waals surface area contributed by atoms with E-state index >= 15 is 0 Å². The van der Waals surface area contributed by atoms with Crippen molar-refractivity contribution in [1.82, 2.24) is 9.88 Å². The zero-order valence-electron chi connectivity index (χ0n) is 18.0. The molecule has 2 heterocycles. The normalized spacial score (nSPS) is 12.9. The van der Waals surface area contributed by atoms with E-state index in [4.69, 9.17) is 11.6 Å². The van der Waals surface area contributed by atoms with Gasteiger partial charge in [-0.15, -0.1) is 0 Å². The summed E-state index contributed by atoms with van der Waals surface area (Å²) in [5, 5.41) is 11.2. The van der Waals surface area contributed by atoms with Crippen LogP contribution in [0.1, 0.15) is 51.1 Å². The number of carbonyl (C=O) groups excluding carboxylic acids is 2. The van der Waals surface area contributed by atoms with Crippen LogP contribution in [0.5, 0.6) is 5.88 Å². The van der Waals surface area contributed by atoms with Gasteiger partial charge in [-0.25, -0.2) is 4.99 Å². The van der Waals surface area contributed by atoms with Crippen LogP contribution in [0.4, 0.5) is 0 Å². The van der Waals surface area contributed by atoms with Gasteiger partial charge in [-0.3, -0.25) is 9.59 Å². The first-order chi connectivity index (χ1) is 15.3. The van der Waals surface area contributed by atoms with Gasteiger partial charge < -0.3 is 15.0 Å². The number of fused-ring (bicyclic) bond motifs is 1. The molecule has 2 aromatic carbocycles. The number of unbranched alkanes of at least 4 members (excludes halogenated alkanes) is 1. The summed E-state index contributed by atoms with van der Waals surface area (Å²) in [6.07, 6.45) is 2.24. The molecule has 0 bridgehead atoms. The van der Waals surface area contributed by atoms with Crippen LogP contribution in [0.15, 0.2) is 53.5 Å². The van der Waals surface area contributed by atoms with E-state index in [1.807, 2.05) is 20.2 Å². The third kappa shape index (κ3) is 4.38. The zero-order chi connectivity index (χ0) is 22.8. The predicted octanol–water partition coefficient (Wildman–Crippen LogP) is 4.95. The molecule has 0 unspecified atom stereocenters. The molecule has 0 saturated carbocycles. The van der Waals surface area contributed by atoms with Crippen molar-refractivity contribution in [3.8, 4) is 17.1 Å². The van der Waals surface area contributed by atoms with Crippen molar-refractivity contribution in [3.63, 3.8) is 0 Å². The van der Waals surface area contributed by atoms with Gasteiger partial charge in [0, 0.05) is 22.6 Å². The summed E-state index contributed by atoms with van der Waals surface area (Å²) in [5.41, 5.74) is 3.45. The molecule has 0 atom stereocenters. The lowest BCUT2D eigenvalue weighted by atomic mass is 9.98. The number of hydrogen-bond donors (Lipinski definition) is 2. The second-order valence-corrected chi connectivity index (χ2v) is 8.57. The van der Waals surface area contributed by atoms with E-state index in [0.717, 1.165) is 19.4 Å². The van der Waals surface area contributed by atoms with Gasteiger partial charge in [-0.2, -0.15) is 0 Å². The van der Waals surface area contributed by atoms with E-state index in [-0.39, 0.29) is 11.7 Å². The lowest BCUT2D eigenvalue weighted by molar-refractivity contribution is 0.0976. The van der Waals surface area contributed by atoms with Crippen LogP contribution in [0.2, 0.25) is 5.02 Å². The molecule has 32 heavy (non-hydrogen) atoms. The van der Waals surface area contributed by atoms with Crippen molar-refractivity contribution in [3.05, 3.63) is 75.8 Å². The van der Waals surface area contributed by atoms with Crippen molar-refractivity contribution in [2.24, 2.45) is 4.99 Å². The molecule has 1 amide bonds. The van der Waals surface area contributed by atoms with Crippen LogP contribution < -0.4 is 0 Å². The molecule has 3 aromatic rings. The molecule has 2 N–H and O–H groups in total. The number of benzene rings is 2. The maximum atomic E-state index is 12.8. The number of aromatic hydroxyl groups is 1. The van der Waals surface area contributed by atoms with Crippen molar-refractivity contribution in [2.45, 2.75) is 19.3 Å². The van der Waals surface area contributed by atoms with Crippen LogP contribution in [0.3, 0.4) is 0 Å². The summed E-state index contributed by atoms with van der Waals surface area (Å²) in [6, 6.07) is 14.1. The number of hydrogen-bond acceptors (Lipinski definition) is 4. The number of amides is 1. The third-order valence-electron chi connectivity index (χ3n) is 5.49. The maximum Gasteiger partial charge on any atom is 0.280 e. The number of aromatic amines is 1. The minimum Gasteiger partial charge on any atom is -0.494 e. The molecule has 0 aliphatic carbocycles. The lowest BCUT2D eigenvalue weighted by Crippen LogP contribution is -2.13. The highest BCUT2D eigenvalue weighted by molar-refractivity contribution is 6.32. The molecule has 164 valence electrons. The van der Waals surface area contributed by atoms with Crippen LogP contribution in [0.25, 0.3) is 11.3 Å². The van der Waals surface area contributed by atoms with E-state index in [9.17, 15) is 14.7 Å². The first-order valence-electron chi connectivity index (χ1n) is 10.5. The summed E-state index contributed by atoms with van der Waals surface area (Å²) in [6.45, 7) is 0.944. The van der Waals surface area contributed by atoms with Crippen molar-refractivity contribution in [1.29, 1.82) is 0 Å². The Hall–Kier alpha value is -3.22. The average Bonchev–Trinajstić information content (AvgIpc) is 3.30. The summed E-state index contributed by atoms with van der Waals surface area (Å²) < 4.78 is 0. The highest BCUT2D eigenvalue weighted by atomic mass is 35.5. The monoisotopic (exact) mass is 449 g/mol. The predicted molar refractivity (Wildman–Crippen MR) is 126 cm³/mol. The summed E-state index contributed by atoms with van der Waals surface area (Å²) in [7, 11) is 4.03. The van der Waals surface area contributed by atoms with Gasteiger partial charge in [0.2, 0.25) is 0 Å². The van der Waals surface area contributed by atoms with Crippen molar-refractivity contribution < 1.29 is 14.7 Å². The van der Waals surface area contributed by atoms with E-state index in [1.165, 1.54) is 0 Å². The number of rotatable bonds is 8. The Morgan fingerprint density at radius 3 is 2.53 bits per heavy atom. The number of aliphatic imine (C=N–C) groups is 1. The van der Waals surface area contributed by atoms with Gasteiger partial charge in [-0.1, -0.05) is 41.9 Å². The first-order valence-corrected chi connectivity index (χ1v) is 10.9. The molecule has 4 rings (SSSR count). The topological polar surface area (TPSA) is 85.8 Å². The Bertz CT molecular complexity index is 1210. The van der Waals surface area contributed by atoms with Crippen LogP contribution in [-0.4, -0.2) is 53.0 Å². The van der Waals surface area contributed by atoms with Gasteiger partial charge in [-0.05, 0) is 57.2 Å². The standard InChI is InChI=1S/C25H24ClN3O3/c1-29(2)13-4-3-8-19(30)16-6-5-7-17(14-16)23-21-20(24(31)28-23)22(27-25(21)32)15-9-11-18(26)12-10-15/h5-7,9-12,14,28,31H,3-4,8,13H2,1-2H3. The van der Waals surface area contributed by atoms with Gasteiger partial charge in [0.1, 0.15) is 0 Å².